The lowest BCUT2D eigenvalue weighted by molar-refractivity contribution is 1.44. The summed E-state index contributed by atoms with van der Waals surface area (Å²) >= 11 is 0. The second kappa shape index (κ2) is 2.38. The first-order valence-electron chi connectivity index (χ1n) is 3.76. The third kappa shape index (κ3) is 0.876. The van der Waals surface area contributed by atoms with Crippen LogP contribution < -0.4 is 0 Å². The summed E-state index contributed by atoms with van der Waals surface area (Å²) in [5.74, 6) is 0. The highest BCUT2D eigenvalue weighted by Crippen LogP contribution is 2.26. The summed E-state index contributed by atoms with van der Waals surface area (Å²) in [6, 6.07) is 5.88. The van der Waals surface area contributed by atoms with E-state index in [-0.39, 0.29) is 0 Å². The molecule has 0 aliphatic carbocycles. The second-order valence-corrected chi connectivity index (χ2v) is 2.83. The Morgan fingerprint density at radius 1 is 1.42 bits per heavy atom. The average molecular weight is 156 g/mol. The number of H-pyrrole nitrogens is 1. The summed E-state index contributed by atoms with van der Waals surface area (Å²) in [5.41, 5.74) is 2.89. The molecule has 1 aromatic carbocycles. The van der Waals surface area contributed by atoms with Crippen LogP contribution in [0, 0.1) is 13.5 Å². The Hall–Kier alpha value is -1.75. The zero-order chi connectivity index (χ0) is 8.55. The summed E-state index contributed by atoms with van der Waals surface area (Å²) in [4.78, 5) is 6.55. The van der Waals surface area contributed by atoms with Crippen LogP contribution in [0.3, 0.4) is 0 Å². The fourth-order valence-corrected chi connectivity index (χ4v) is 1.38. The van der Waals surface area contributed by atoms with E-state index in [9.17, 15) is 0 Å². The summed E-state index contributed by atoms with van der Waals surface area (Å²) in [6.07, 6.45) is 1.86. The highest BCUT2D eigenvalue weighted by Gasteiger charge is 2.01. The molecule has 2 rings (SSSR count). The molecule has 0 spiro atoms. The number of nitrogens with zero attached hydrogens (tertiary/aromatic N) is 1. The fourth-order valence-electron chi connectivity index (χ4n) is 1.38. The van der Waals surface area contributed by atoms with Gasteiger partial charge in [0.1, 0.15) is 0 Å². The van der Waals surface area contributed by atoms with E-state index in [1.807, 2.05) is 31.3 Å². The van der Waals surface area contributed by atoms with E-state index in [2.05, 4.69) is 9.83 Å². The Morgan fingerprint density at radius 3 is 3.00 bits per heavy atom. The number of aryl methyl sites for hydroxylation is 1. The largest absolute Gasteiger partial charge is 0.362 e. The van der Waals surface area contributed by atoms with Crippen molar-refractivity contribution in [2.75, 3.05) is 0 Å². The molecule has 0 saturated heterocycles. The molecule has 0 aliphatic rings. The van der Waals surface area contributed by atoms with Crippen molar-refractivity contribution in [3.63, 3.8) is 0 Å². The molecule has 12 heavy (non-hydrogen) atoms. The standard InChI is InChI=1S/C10H8N2/c1-7-5-9(11-2)8-3-4-12-10(8)6-7/h3-6,12H,1H3. The Bertz CT molecular complexity index is 460. The quantitative estimate of drug-likeness (QED) is 0.566. The van der Waals surface area contributed by atoms with Gasteiger partial charge in [-0.1, -0.05) is 11.6 Å². The van der Waals surface area contributed by atoms with Gasteiger partial charge in [0, 0.05) is 17.1 Å². The van der Waals surface area contributed by atoms with Gasteiger partial charge in [0.05, 0.1) is 6.57 Å². The smallest absolute Gasteiger partial charge is 0.196 e. The van der Waals surface area contributed by atoms with Crippen molar-refractivity contribution in [1.29, 1.82) is 0 Å². The van der Waals surface area contributed by atoms with Crippen LogP contribution in [0.15, 0.2) is 24.4 Å². The Balaban J connectivity index is 2.91. The molecule has 58 valence electrons. The predicted molar refractivity (Wildman–Crippen MR) is 49.3 cm³/mol. The van der Waals surface area contributed by atoms with Crippen molar-refractivity contribution >= 4 is 16.6 Å². The molecule has 0 aliphatic heterocycles. The lowest BCUT2D eigenvalue weighted by Gasteiger charge is -1.95. The molecule has 1 aromatic heterocycles. The first kappa shape index (κ1) is 6.93. The summed E-state index contributed by atoms with van der Waals surface area (Å²) in [7, 11) is 0. The van der Waals surface area contributed by atoms with Crippen molar-refractivity contribution in [3.05, 3.63) is 41.4 Å². The van der Waals surface area contributed by atoms with E-state index in [0.29, 0.717) is 0 Å². The van der Waals surface area contributed by atoms with Gasteiger partial charge in [-0.2, -0.15) is 0 Å². The van der Waals surface area contributed by atoms with Crippen molar-refractivity contribution < 1.29 is 0 Å². The average Bonchev–Trinajstić information content (AvgIpc) is 2.50. The summed E-state index contributed by atoms with van der Waals surface area (Å²) in [5, 5.41) is 1.01. The van der Waals surface area contributed by atoms with Gasteiger partial charge in [0.2, 0.25) is 0 Å². The highest BCUT2D eigenvalue weighted by molar-refractivity contribution is 5.93. The zero-order valence-corrected chi connectivity index (χ0v) is 6.76. The Labute approximate surface area is 70.7 Å². The lowest BCUT2D eigenvalue weighted by atomic mass is 10.1. The number of aromatic amines is 1. The van der Waals surface area contributed by atoms with Crippen LogP contribution >= 0.6 is 0 Å². The molecule has 0 bridgehead atoms. The second-order valence-electron chi connectivity index (χ2n) is 2.83. The van der Waals surface area contributed by atoms with Gasteiger partial charge < -0.3 is 4.98 Å². The molecule has 1 N–H and O–H groups in total. The molecule has 1 heterocycles. The van der Waals surface area contributed by atoms with Crippen LogP contribution in [0.2, 0.25) is 0 Å². The van der Waals surface area contributed by atoms with Gasteiger partial charge in [-0.05, 0) is 19.1 Å². The minimum Gasteiger partial charge on any atom is -0.362 e. The van der Waals surface area contributed by atoms with Gasteiger partial charge in [0.25, 0.3) is 0 Å². The van der Waals surface area contributed by atoms with E-state index in [1.165, 1.54) is 0 Å². The van der Waals surface area contributed by atoms with Crippen LogP contribution in [0.1, 0.15) is 5.56 Å². The zero-order valence-electron chi connectivity index (χ0n) is 6.76. The van der Waals surface area contributed by atoms with E-state index in [4.69, 9.17) is 6.57 Å². The maximum atomic E-state index is 6.97. The van der Waals surface area contributed by atoms with Crippen molar-refractivity contribution in [3.8, 4) is 0 Å². The van der Waals surface area contributed by atoms with E-state index >= 15 is 0 Å². The number of fused-ring (bicyclic) bond motifs is 1. The van der Waals surface area contributed by atoms with Crippen LogP contribution in [-0.2, 0) is 0 Å². The van der Waals surface area contributed by atoms with Gasteiger partial charge in [0.15, 0.2) is 5.69 Å². The van der Waals surface area contributed by atoms with Gasteiger partial charge in [-0.3, -0.25) is 0 Å². The first-order valence-corrected chi connectivity index (χ1v) is 3.76. The lowest BCUT2D eigenvalue weighted by Crippen LogP contribution is -1.72. The van der Waals surface area contributed by atoms with Gasteiger partial charge >= 0.3 is 0 Å². The summed E-state index contributed by atoms with van der Waals surface area (Å²) < 4.78 is 0. The van der Waals surface area contributed by atoms with E-state index < -0.39 is 0 Å². The van der Waals surface area contributed by atoms with Crippen molar-refractivity contribution in [1.82, 2.24) is 4.98 Å². The maximum absolute atomic E-state index is 6.97. The minimum absolute atomic E-state index is 0.728. The number of aromatic nitrogens is 1. The number of nitrogens with one attached hydrogen (secondary N) is 1. The summed E-state index contributed by atoms with van der Waals surface area (Å²) in [6.45, 7) is 8.97. The molecule has 2 aromatic rings. The third-order valence-electron chi connectivity index (χ3n) is 1.91. The van der Waals surface area contributed by atoms with E-state index in [1.54, 1.807) is 0 Å². The van der Waals surface area contributed by atoms with Crippen molar-refractivity contribution in [2.45, 2.75) is 6.92 Å². The SMILES string of the molecule is [C-]#[N+]c1cc(C)cc2[nH]ccc12. The number of benzene rings is 1. The third-order valence-corrected chi connectivity index (χ3v) is 1.91. The first-order chi connectivity index (χ1) is 5.81. The van der Waals surface area contributed by atoms with Gasteiger partial charge in [-0.15, -0.1) is 0 Å². The van der Waals surface area contributed by atoms with Crippen LogP contribution in [0.4, 0.5) is 5.69 Å². The molecule has 0 saturated carbocycles. The number of rotatable bonds is 0. The predicted octanol–water partition coefficient (Wildman–Crippen LogP) is 3.03. The van der Waals surface area contributed by atoms with Gasteiger partial charge in [-0.25, -0.2) is 4.85 Å². The van der Waals surface area contributed by atoms with Crippen LogP contribution in [0.25, 0.3) is 15.7 Å². The van der Waals surface area contributed by atoms with Crippen LogP contribution in [0.5, 0.6) is 0 Å². The Morgan fingerprint density at radius 2 is 2.25 bits per heavy atom. The van der Waals surface area contributed by atoms with Crippen LogP contribution in [-0.4, -0.2) is 4.98 Å². The molecule has 2 heteroatoms. The monoisotopic (exact) mass is 156 g/mol. The Kier molecular flexibility index (Phi) is 1.38. The normalized spacial score (nSPS) is 10.0. The molecule has 0 unspecified atom stereocenters. The van der Waals surface area contributed by atoms with Crippen molar-refractivity contribution in [2.24, 2.45) is 0 Å². The maximum Gasteiger partial charge on any atom is 0.196 e. The molecule has 0 amide bonds. The number of hydrogen-bond acceptors (Lipinski definition) is 0. The molecule has 2 nitrogen and oxygen atoms in total. The topological polar surface area (TPSA) is 20.1 Å². The molecular formula is C10H8N2. The molecular weight excluding hydrogens is 148 g/mol. The number of hydrogen-bond donors (Lipinski definition) is 1. The molecule has 0 radical (unpaired) electrons. The molecule has 0 fully saturated rings. The minimum atomic E-state index is 0.728. The fraction of sp³-hybridized carbons (Fsp3) is 0.100. The van der Waals surface area contributed by atoms with E-state index in [0.717, 1.165) is 22.2 Å². The molecule has 0 atom stereocenters. The highest BCUT2D eigenvalue weighted by atomic mass is 14.7.